The molecule has 0 aliphatic carbocycles. The van der Waals surface area contributed by atoms with Crippen LogP contribution in [0, 0.1) is 6.92 Å². The van der Waals surface area contributed by atoms with Crippen LogP contribution in [0.4, 0.5) is 5.82 Å². The van der Waals surface area contributed by atoms with Crippen LogP contribution < -0.4 is 15.2 Å². The Morgan fingerprint density at radius 1 is 1.20 bits per heavy atom. The number of aryl methyl sites for hydroxylation is 1. The first-order valence-corrected chi connectivity index (χ1v) is 6.45. The number of hydrogen-bond donors (Lipinski definition) is 2. The van der Waals surface area contributed by atoms with E-state index in [-0.39, 0.29) is 0 Å². The quantitative estimate of drug-likeness (QED) is 0.872. The molecule has 5 heteroatoms. The highest BCUT2D eigenvalue weighted by Crippen LogP contribution is 2.35. The van der Waals surface area contributed by atoms with Gasteiger partial charge in [-0.1, -0.05) is 6.07 Å². The van der Waals surface area contributed by atoms with Crippen LogP contribution >= 0.6 is 0 Å². The van der Waals surface area contributed by atoms with E-state index in [1.54, 1.807) is 18.3 Å². The maximum absolute atomic E-state index is 10.5. The largest absolute Gasteiger partial charge is 0.486 e. The van der Waals surface area contributed by atoms with E-state index in [0.29, 0.717) is 41.7 Å². The molecule has 0 radical (unpaired) electrons. The van der Waals surface area contributed by atoms with Crippen molar-refractivity contribution in [2.75, 3.05) is 18.9 Å². The predicted octanol–water partition coefficient (Wildman–Crippen LogP) is 1.83. The van der Waals surface area contributed by atoms with Crippen molar-refractivity contribution in [1.29, 1.82) is 0 Å². The highest BCUT2D eigenvalue weighted by Gasteiger charge is 2.20. The second-order valence-electron chi connectivity index (χ2n) is 4.73. The van der Waals surface area contributed by atoms with E-state index >= 15 is 0 Å². The highest BCUT2D eigenvalue weighted by atomic mass is 16.6. The number of anilines is 1. The highest BCUT2D eigenvalue weighted by molar-refractivity contribution is 5.51. The molecule has 1 aromatic carbocycles. The first kappa shape index (κ1) is 12.7. The lowest BCUT2D eigenvalue weighted by Gasteiger charge is -2.21. The number of nitrogens with two attached hydrogens (primary N) is 1. The zero-order valence-corrected chi connectivity index (χ0v) is 11.2. The summed E-state index contributed by atoms with van der Waals surface area (Å²) < 4.78 is 11.0. The molecule has 1 aliphatic heterocycles. The summed E-state index contributed by atoms with van der Waals surface area (Å²) in [5, 5.41) is 10.5. The number of hydrogen-bond acceptors (Lipinski definition) is 5. The molecular weight excluding hydrogens is 256 g/mol. The van der Waals surface area contributed by atoms with Gasteiger partial charge in [0.15, 0.2) is 11.5 Å². The van der Waals surface area contributed by atoms with E-state index in [9.17, 15) is 5.11 Å². The molecule has 1 unspecified atom stereocenters. The summed E-state index contributed by atoms with van der Waals surface area (Å²) >= 11 is 0. The average Bonchev–Trinajstić information content (AvgIpc) is 2.46. The van der Waals surface area contributed by atoms with Gasteiger partial charge in [0, 0.05) is 11.8 Å². The van der Waals surface area contributed by atoms with Gasteiger partial charge < -0.3 is 20.3 Å². The summed E-state index contributed by atoms with van der Waals surface area (Å²) in [5.41, 5.74) is 8.11. The summed E-state index contributed by atoms with van der Waals surface area (Å²) in [6.45, 7) is 2.96. The molecule has 1 aromatic heterocycles. The molecule has 0 saturated carbocycles. The van der Waals surface area contributed by atoms with Gasteiger partial charge in [0.1, 0.15) is 25.1 Å². The smallest absolute Gasteiger partial charge is 0.161 e. The fraction of sp³-hybridized carbons (Fsp3) is 0.267. The van der Waals surface area contributed by atoms with Crippen LogP contribution in [0.5, 0.6) is 11.5 Å². The molecule has 0 fully saturated rings. The molecule has 5 nitrogen and oxygen atoms in total. The van der Waals surface area contributed by atoms with Crippen LogP contribution in [0.1, 0.15) is 22.8 Å². The Kier molecular flexibility index (Phi) is 3.20. The van der Waals surface area contributed by atoms with E-state index in [2.05, 4.69) is 4.98 Å². The van der Waals surface area contributed by atoms with E-state index in [1.807, 2.05) is 19.1 Å². The number of ether oxygens (including phenoxy) is 2. The van der Waals surface area contributed by atoms with Crippen LogP contribution in [-0.2, 0) is 0 Å². The second kappa shape index (κ2) is 5.02. The van der Waals surface area contributed by atoms with E-state index < -0.39 is 6.10 Å². The lowest BCUT2D eigenvalue weighted by molar-refractivity contribution is 0.169. The van der Waals surface area contributed by atoms with Crippen LogP contribution in [0.2, 0.25) is 0 Å². The standard InChI is InChI=1S/C15H16N2O3/c1-9-4-5-17-15(16)13(9)14(18)10-2-3-11-12(8-10)20-7-6-19-11/h2-5,8,14,18H,6-7H2,1H3,(H2,16,17). The van der Waals surface area contributed by atoms with Crippen LogP contribution in [-0.4, -0.2) is 23.3 Å². The third-order valence-electron chi connectivity index (χ3n) is 3.39. The monoisotopic (exact) mass is 272 g/mol. The van der Waals surface area contributed by atoms with Crippen molar-refractivity contribution in [2.45, 2.75) is 13.0 Å². The number of rotatable bonds is 2. The van der Waals surface area contributed by atoms with Gasteiger partial charge >= 0.3 is 0 Å². The van der Waals surface area contributed by atoms with Gasteiger partial charge in [0.2, 0.25) is 0 Å². The number of benzene rings is 1. The molecule has 2 heterocycles. The van der Waals surface area contributed by atoms with Crippen molar-refractivity contribution >= 4 is 5.82 Å². The van der Waals surface area contributed by atoms with Gasteiger partial charge in [-0.15, -0.1) is 0 Å². The Hall–Kier alpha value is -2.27. The number of nitrogen functional groups attached to an aromatic ring is 1. The number of aliphatic hydroxyl groups is 1. The van der Waals surface area contributed by atoms with Gasteiger partial charge in [-0.25, -0.2) is 4.98 Å². The molecule has 104 valence electrons. The lowest BCUT2D eigenvalue weighted by atomic mass is 9.98. The Labute approximate surface area is 117 Å². The van der Waals surface area contributed by atoms with Gasteiger partial charge in [0.25, 0.3) is 0 Å². The van der Waals surface area contributed by atoms with Crippen molar-refractivity contribution in [3.63, 3.8) is 0 Å². The Morgan fingerprint density at radius 3 is 2.70 bits per heavy atom. The van der Waals surface area contributed by atoms with Gasteiger partial charge in [-0.2, -0.15) is 0 Å². The molecule has 0 bridgehead atoms. The van der Waals surface area contributed by atoms with Crippen molar-refractivity contribution in [3.8, 4) is 11.5 Å². The minimum absolute atomic E-state index is 0.340. The minimum Gasteiger partial charge on any atom is -0.486 e. The molecule has 3 N–H and O–H groups in total. The zero-order valence-electron chi connectivity index (χ0n) is 11.2. The number of aliphatic hydroxyl groups excluding tert-OH is 1. The predicted molar refractivity (Wildman–Crippen MR) is 74.9 cm³/mol. The first-order chi connectivity index (χ1) is 9.66. The summed E-state index contributed by atoms with van der Waals surface area (Å²) in [4.78, 5) is 4.04. The Bertz CT molecular complexity index is 623. The zero-order chi connectivity index (χ0) is 14.1. The topological polar surface area (TPSA) is 77.6 Å². The Morgan fingerprint density at radius 2 is 1.95 bits per heavy atom. The SMILES string of the molecule is Cc1ccnc(N)c1C(O)c1ccc2c(c1)OCCO2. The molecule has 20 heavy (non-hydrogen) atoms. The van der Waals surface area contributed by atoms with Crippen molar-refractivity contribution in [2.24, 2.45) is 0 Å². The number of nitrogens with zero attached hydrogens (tertiary/aromatic N) is 1. The molecule has 0 spiro atoms. The summed E-state index contributed by atoms with van der Waals surface area (Å²) in [6.07, 6.45) is 0.796. The second-order valence-corrected chi connectivity index (χ2v) is 4.73. The molecule has 0 saturated heterocycles. The van der Waals surface area contributed by atoms with Crippen molar-refractivity contribution < 1.29 is 14.6 Å². The van der Waals surface area contributed by atoms with Gasteiger partial charge in [-0.3, -0.25) is 0 Å². The lowest BCUT2D eigenvalue weighted by Crippen LogP contribution is -2.16. The van der Waals surface area contributed by atoms with Crippen LogP contribution in [0.25, 0.3) is 0 Å². The fourth-order valence-corrected chi connectivity index (χ4v) is 2.34. The maximum Gasteiger partial charge on any atom is 0.161 e. The molecule has 1 aliphatic rings. The van der Waals surface area contributed by atoms with E-state index in [0.717, 1.165) is 5.56 Å². The Balaban J connectivity index is 2.00. The first-order valence-electron chi connectivity index (χ1n) is 6.45. The van der Waals surface area contributed by atoms with Gasteiger partial charge in [0.05, 0.1) is 0 Å². The number of pyridine rings is 1. The van der Waals surface area contributed by atoms with Crippen LogP contribution in [0.15, 0.2) is 30.5 Å². The normalized spacial score (nSPS) is 14.9. The molecule has 1 atom stereocenters. The third-order valence-corrected chi connectivity index (χ3v) is 3.39. The van der Waals surface area contributed by atoms with Crippen LogP contribution in [0.3, 0.4) is 0 Å². The molecule has 2 aromatic rings. The van der Waals surface area contributed by atoms with Gasteiger partial charge in [-0.05, 0) is 36.2 Å². The van der Waals surface area contributed by atoms with E-state index in [4.69, 9.17) is 15.2 Å². The third kappa shape index (κ3) is 2.16. The van der Waals surface area contributed by atoms with E-state index in [1.165, 1.54) is 0 Å². The fourth-order valence-electron chi connectivity index (χ4n) is 2.34. The summed E-state index contributed by atoms with van der Waals surface area (Å²) in [6, 6.07) is 7.22. The number of fused-ring (bicyclic) bond motifs is 1. The van der Waals surface area contributed by atoms with Crippen molar-refractivity contribution in [3.05, 3.63) is 47.2 Å². The molecular formula is C15H16N2O3. The average molecular weight is 272 g/mol. The van der Waals surface area contributed by atoms with Crippen molar-refractivity contribution in [1.82, 2.24) is 4.98 Å². The minimum atomic E-state index is -0.834. The maximum atomic E-state index is 10.5. The summed E-state index contributed by atoms with van der Waals surface area (Å²) in [5.74, 6) is 1.68. The number of aromatic nitrogens is 1. The molecule has 3 rings (SSSR count). The summed E-state index contributed by atoms with van der Waals surface area (Å²) in [7, 11) is 0. The molecule has 0 amide bonds.